The first-order valence-electron chi connectivity index (χ1n) is 6.44. The summed E-state index contributed by atoms with van der Waals surface area (Å²) < 4.78 is 3.40. The summed E-state index contributed by atoms with van der Waals surface area (Å²) in [4.78, 5) is 12.3. The monoisotopic (exact) mass is 248 g/mol. The van der Waals surface area contributed by atoms with E-state index in [1.54, 1.807) is 9.08 Å². The molecule has 0 fully saturated rings. The highest BCUT2D eigenvalue weighted by Crippen LogP contribution is 2.01. The SMILES string of the molecule is CCNC(CC)Cn1ccn2nc(C)cc2c1=O. The summed E-state index contributed by atoms with van der Waals surface area (Å²) in [5.41, 5.74) is 1.53. The third-order valence-electron chi connectivity index (χ3n) is 3.13. The first kappa shape index (κ1) is 12.8. The van der Waals surface area contributed by atoms with Crippen molar-refractivity contribution in [3.8, 4) is 0 Å². The lowest BCUT2D eigenvalue weighted by Crippen LogP contribution is -2.36. The van der Waals surface area contributed by atoms with Crippen LogP contribution in [0.5, 0.6) is 0 Å². The van der Waals surface area contributed by atoms with Gasteiger partial charge in [-0.1, -0.05) is 13.8 Å². The lowest BCUT2D eigenvalue weighted by molar-refractivity contribution is 0.440. The Morgan fingerprint density at radius 3 is 2.83 bits per heavy atom. The maximum absolute atomic E-state index is 12.3. The van der Waals surface area contributed by atoms with Gasteiger partial charge in [-0.05, 0) is 26.0 Å². The average molecular weight is 248 g/mol. The molecule has 18 heavy (non-hydrogen) atoms. The molecule has 1 atom stereocenters. The number of fused-ring (bicyclic) bond motifs is 1. The smallest absolute Gasteiger partial charge is 0.276 e. The van der Waals surface area contributed by atoms with Gasteiger partial charge in [-0.2, -0.15) is 5.10 Å². The molecule has 0 radical (unpaired) electrons. The van der Waals surface area contributed by atoms with Gasteiger partial charge in [0, 0.05) is 25.0 Å². The predicted octanol–water partition coefficient (Wildman–Crippen LogP) is 1.19. The molecule has 98 valence electrons. The summed E-state index contributed by atoms with van der Waals surface area (Å²) >= 11 is 0. The van der Waals surface area contributed by atoms with Gasteiger partial charge in [0.15, 0.2) is 0 Å². The molecule has 0 bridgehead atoms. The number of nitrogens with zero attached hydrogens (tertiary/aromatic N) is 3. The minimum Gasteiger partial charge on any atom is -0.312 e. The van der Waals surface area contributed by atoms with E-state index in [4.69, 9.17) is 0 Å². The molecular formula is C13H20N4O. The number of rotatable bonds is 5. The van der Waals surface area contributed by atoms with E-state index in [1.165, 1.54) is 0 Å². The number of aryl methyl sites for hydroxylation is 1. The van der Waals surface area contributed by atoms with Crippen molar-refractivity contribution in [2.24, 2.45) is 0 Å². The van der Waals surface area contributed by atoms with Crippen LogP contribution in [-0.2, 0) is 6.54 Å². The minimum atomic E-state index is 0.0226. The Bertz CT molecular complexity index is 584. The Kier molecular flexibility index (Phi) is 3.81. The zero-order valence-electron chi connectivity index (χ0n) is 11.2. The van der Waals surface area contributed by atoms with Crippen LogP contribution in [0, 0.1) is 6.92 Å². The maximum atomic E-state index is 12.3. The van der Waals surface area contributed by atoms with Gasteiger partial charge in [-0.15, -0.1) is 0 Å². The summed E-state index contributed by atoms with van der Waals surface area (Å²) in [6, 6.07) is 2.16. The van der Waals surface area contributed by atoms with Crippen molar-refractivity contribution in [3.05, 3.63) is 34.5 Å². The lowest BCUT2D eigenvalue weighted by atomic mass is 10.2. The first-order chi connectivity index (χ1) is 8.65. The van der Waals surface area contributed by atoms with Gasteiger partial charge < -0.3 is 9.88 Å². The quantitative estimate of drug-likeness (QED) is 0.865. The van der Waals surface area contributed by atoms with Crippen LogP contribution < -0.4 is 10.9 Å². The van der Waals surface area contributed by atoms with E-state index in [0.29, 0.717) is 18.1 Å². The van der Waals surface area contributed by atoms with E-state index in [2.05, 4.69) is 24.3 Å². The normalized spacial score (nSPS) is 13.1. The lowest BCUT2D eigenvalue weighted by Gasteiger charge is -2.17. The van der Waals surface area contributed by atoms with Crippen LogP contribution in [0.25, 0.3) is 5.52 Å². The molecule has 0 saturated heterocycles. The van der Waals surface area contributed by atoms with Crippen molar-refractivity contribution in [2.75, 3.05) is 6.54 Å². The topological polar surface area (TPSA) is 51.3 Å². The summed E-state index contributed by atoms with van der Waals surface area (Å²) in [7, 11) is 0. The zero-order chi connectivity index (χ0) is 13.1. The van der Waals surface area contributed by atoms with Crippen molar-refractivity contribution in [1.29, 1.82) is 0 Å². The van der Waals surface area contributed by atoms with Gasteiger partial charge >= 0.3 is 0 Å². The Balaban J connectivity index is 2.33. The molecule has 0 aromatic carbocycles. The van der Waals surface area contributed by atoms with Crippen LogP contribution >= 0.6 is 0 Å². The fourth-order valence-electron chi connectivity index (χ4n) is 2.16. The minimum absolute atomic E-state index is 0.0226. The second-order valence-electron chi connectivity index (χ2n) is 4.53. The highest BCUT2D eigenvalue weighted by atomic mass is 16.1. The molecule has 2 aromatic rings. The Morgan fingerprint density at radius 1 is 1.39 bits per heavy atom. The molecule has 0 aliphatic carbocycles. The van der Waals surface area contributed by atoms with Crippen LogP contribution in [0.2, 0.25) is 0 Å². The molecule has 0 saturated carbocycles. The second-order valence-corrected chi connectivity index (χ2v) is 4.53. The highest BCUT2D eigenvalue weighted by Gasteiger charge is 2.09. The van der Waals surface area contributed by atoms with Gasteiger partial charge in [0.25, 0.3) is 5.56 Å². The van der Waals surface area contributed by atoms with E-state index < -0.39 is 0 Å². The van der Waals surface area contributed by atoms with Crippen LogP contribution in [0.1, 0.15) is 26.0 Å². The molecule has 1 unspecified atom stereocenters. The molecular weight excluding hydrogens is 228 g/mol. The van der Waals surface area contributed by atoms with Gasteiger partial charge in [-0.3, -0.25) is 4.79 Å². The van der Waals surface area contributed by atoms with Crippen molar-refractivity contribution in [2.45, 2.75) is 39.8 Å². The van der Waals surface area contributed by atoms with Crippen molar-refractivity contribution >= 4 is 5.52 Å². The molecule has 5 nitrogen and oxygen atoms in total. The summed E-state index contributed by atoms with van der Waals surface area (Å²) in [5, 5.41) is 7.62. The number of aromatic nitrogens is 3. The molecule has 2 rings (SSSR count). The molecule has 0 aliphatic heterocycles. The number of likely N-dealkylation sites (N-methyl/N-ethyl adjacent to an activating group) is 1. The summed E-state index contributed by atoms with van der Waals surface area (Å²) in [6.07, 6.45) is 4.65. The van der Waals surface area contributed by atoms with E-state index in [1.807, 2.05) is 25.4 Å². The highest BCUT2D eigenvalue weighted by molar-refractivity contribution is 5.44. The number of hydrogen-bond donors (Lipinski definition) is 1. The van der Waals surface area contributed by atoms with Crippen LogP contribution in [0.4, 0.5) is 0 Å². The first-order valence-corrected chi connectivity index (χ1v) is 6.44. The van der Waals surface area contributed by atoms with Crippen molar-refractivity contribution in [3.63, 3.8) is 0 Å². The largest absolute Gasteiger partial charge is 0.312 e. The maximum Gasteiger partial charge on any atom is 0.276 e. The standard InChI is InChI=1S/C13H20N4O/c1-4-11(14-5-2)9-16-6-7-17-12(13(16)18)8-10(3)15-17/h6-8,11,14H,4-5,9H2,1-3H3. The Hall–Kier alpha value is -1.62. The fourth-order valence-corrected chi connectivity index (χ4v) is 2.16. The molecule has 0 amide bonds. The Labute approximate surface area is 106 Å². The van der Waals surface area contributed by atoms with Gasteiger partial charge in [0.1, 0.15) is 5.52 Å². The molecule has 5 heteroatoms. The predicted molar refractivity (Wildman–Crippen MR) is 71.9 cm³/mol. The fraction of sp³-hybridized carbons (Fsp3) is 0.538. The number of hydrogen-bond acceptors (Lipinski definition) is 3. The van der Waals surface area contributed by atoms with Gasteiger partial charge in [0.05, 0.1) is 5.69 Å². The van der Waals surface area contributed by atoms with E-state index >= 15 is 0 Å². The van der Waals surface area contributed by atoms with Crippen molar-refractivity contribution in [1.82, 2.24) is 19.5 Å². The van der Waals surface area contributed by atoms with E-state index in [0.717, 1.165) is 18.7 Å². The van der Waals surface area contributed by atoms with E-state index in [9.17, 15) is 4.79 Å². The Morgan fingerprint density at radius 2 is 2.17 bits per heavy atom. The van der Waals surface area contributed by atoms with E-state index in [-0.39, 0.29) is 5.56 Å². The van der Waals surface area contributed by atoms with Crippen LogP contribution in [-0.4, -0.2) is 26.8 Å². The molecule has 2 heterocycles. The molecule has 2 aromatic heterocycles. The van der Waals surface area contributed by atoms with Gasteiger partial charge in [0.2, 0.25) is 0 Å². The third kappa shape index (κ3) is 2.46. The summed E-state index contributed by atoms with van der Waals surface area (Å²) in [6.45, 7) is 7.71. The van der Waals surface area contributed by atoms with Crippen LogP contribution in [0.3, 0.4) is 0 Å². The third-order valence-corrected chi connectivity index (χ3v) is 3.13. The van der Waals surface area contributed by atoms with Gasteiger partial charge in [-0.25, -0.2) is 4.52 Å². The second kappa shape index (κ2) is 5.35. The zero-order valence-corrected chi connectivity index (χ0v) is 11.2. The number of nitrogens with one attached hydrogen (secondary N) is 1. The summed E-state index contributed by atoms with van der Waals surface area (Å²) in [5.74, 6) is 0. The van der Waals surface area contributed by atoms with Crippen LogP contribution in [0.15, 0.2) is 23.3 Å². The molecule has 0 spiro atoms. The average Bonchev–Trinajstić information content (AvgIpc) is 2.73. The van der Waals surface area contributed by atoms with Crippen molar-refractivity contribution < 1.29 is 0 Å². The molecule has 0 aliphatic rings. The molecule has 1 N–H and O–H groups in total.